The maximum atomic E-state index is 12.4. The first-order chi connectivity index (χ1) is 13.5. The molecule has 7 heteroatoms. The minimum Gasteiger partial charge on any atom is -0.493 e. The van der Waals surface area contributed by atoms with Crippen molar-refractivity contribution < 1.29 is 23.8 Å². The molecule has 1 heterocycles. The van der Waals surface area contributed by atoms with Gasteiger partial charge in [-0.3, -0.25) is 4.79 Å². The predicted octanol–water partition coefficient (Wildman–Crippen LogP) is 3.50. The Balaban J connectivity index is 1.59. The number of fused-ring (bicyclic) bond motifs is 1. The molecule has 28 heavy (non-hydrogen) atoms. The maximum absolute atomic E-state index is 12.4. The van der Waals surface area contributed by atoms with Gasteiger partial charge in [-0.1, -0.05) is 29.8 Å². The van der Waals surface area contributed by atoms with E-state index in [1.807, 2.05) is 24.3 Å². The number of para-hydroxylation sites is 1. The summed E-state index contributed by atoms with van der Waals surface area (Å²) >= 11 is 6.14. The molecule has 1 amide bonds. The van der Waals surface area contributed by atoms with Gasteiger partial charge in [-0.2, -0.15) is 0 Å². The molecule has 0 atom stereocenters. The molecule has 3 rings (SSSR count). The molecule has 0 aromatic heterocycles. The Morgan fingerprint density at radius 2 is 1.96 bits per heavy atom. The normalized spacial score (nSPS) is 12.8. The van der Waals surface area contributed by atoms with Crippen molar-refractivity contribution in [2.24, 2.45) is 0 Å². The lowest BCUT2D eigenvalue weighted by Crippen LogP contribution is -2.33. The van der Waals surface area contributed by atoms with Crippen LogP contribution in [0.2, 0.25) is 5.02 Å². The third-order valence-corrected chi connectivity index (χ3v) is 4.67. The highest BCUT2D eigenvalue weighted by Gasteiger charge is 2.24. The van der Waals surface area contributed by atoms with E-state index >= 15 is 0 Å². The zero-order valence-corrected chi connectivity index (χ0v) is 16.4. The molecule has 146 valence electrons. The van der Waals surface area contributed by atoms with Crippen LogP contribution in [-0.4, -0.2) is 39.2 Å². The third-order valence-electron chi connectivity index (χ3n) is 4.39. The van der Waals surface area contributed by atoms with Gasteiger partial charge in [0.2, 0.25) is 0 Å². The van der Waals surface area contributed by atoms with Gasteiger partial charge >= 0.3 is 5.97 Å². The summed E-state index contributed by atoms with van der Waals surface area (Å²) < 4.78 is 15.5. The molecule has 6 nitrogen and oxygen atoms in total. The number of rotatable bonds is 6. The fourth-order valence-corrected chi connectivity index (χ4v) is 3.35. The molecule has 1 aliphatic heterocycles. The molecule has 1 aliphatic rings. The number of benzene rings is 2. The number of hydrogen-bond donors (Lipinski definition) is 0. The Bertz CT molecular complexity index is 925. The van der Waals surface area contributed by atoms with Crippen LogP contribution in [0.4, 0.5) is 5.69 Å². The quantitative estimate of drug-likeness (QED) is 0.547. The molecule has 0 fully saturated rings. The van der Waals surface area contributed by atoms with Crippen LogP contribution in [0, 0.1) is 0 Å². The van der Waals surface area contributed by atoms with E-state index in [1.54, 1.807) is 17.0 Å². The second-order valence-corrected chi connectivity index (χ2v) is 6.51. The summed E-state index contributed by atoms with van der Waals surface area (Å²) in [6.07, 6.45) is 3.57. The first-order valence-electron chi connectivity index (χ1n) is 8.68. The number of amides is 1. The highest BCUT2D eigenvalue weighted by Crippen LogP contribution is 2.36. The fourth-order valence-electron chi connectivity index (χ4n) is 3.05. The average molecular weight is 402 g/mol. The van der Waals surface area contributed by atoms with Crippen LogP contribution in [0.25, 0.3) is 6.08 Å². The number of ether oxygens (including phenoxy) is 3. The number of methoxy groups -OCH3 is 2. The standard InChI is InChI=1S/C21H20ClNO5/c1-26-18-12-14(11-16(22)21(18)27-2)7-8-20(25)28-13-19(24)23-10-9-15-5-3-4-6-17(15)23/h3-8,11-12H,9-10,13H2,1-2H3/b8-7+. The van der Waals surface area contributed by atoms with Gasteiger partial charge in [0.05, 0.1) is 19.2 Å². The summed E-state index contributed by atoms with van der Waals surface area (Å²) in [7, 11) is 2.99. The van der Waals surface area contributed by atoms with Gasteiger partial charge in [0.25, 0.3) is 5.91 Å². The molecular weight excluding hydrogens is 382 g/mol. The lowest BCUT2D eigenvalue weighted by Gasteiger charge is -2.16. The van der Waals surface area contributed by atoms with Gasteiger partial charge < -0.3 is 19.1 Å². The van der Waals surface area contributed by atoms with E-state index in [9.17, 15) is 9.59 Å². The molecule has 0 aliphatic carbocycles. The molecule has 0 unspecified atom stereocenters. The average Bonchev–Trinajstić information content (AvgIpc) is 3.14. The van der Waals surface area contributed by atoms with E-state index in [2.05, 4.69) is 0 Å². The SMILES string of the molecule is COc1cc(/C=C/C(=O)OCC(=O)N2CCc3ccccc32)cc(Cl)c1OC. The Hall–Kier alpha value is -2.99. The molecular formula is C21H20ClNO5. The van der Waals surface area contributed by atoms with E-state index in [0.717, 1.165) is 17.7 Å². The molecule has 0 N–H and O–H groups in total. The van der Waals surface area contributed by atoms with Crippen molar-refractivity contribution in [3.05, 3.63) is 58.6 Å². The highest BCUT2D eigenvalue weighted by molar-refractivity contribution is 6.32. The lowest BCUT2D eigenvalue weighted by atomic mass is 10.2. The van der Waals surface area contributed by atoms with Crippen LogP contribution in [0.5, 0.6) is 11.5 Å². The summed E-state index contributed by atoms with van der Waals surface area (Å²) in [5.41, 5.74) is 2.63. The van der Waals surface area contributed by atoms with Crippen LogP contribution >= 0.6 is 11.6 Å². The van der Waals surface area contributed by atoms with Gasteiger partial charge in [0.1, 0.15) is 0 Å². The largest absolute Gasteiger partial charge is 0.493 e. The Kier molecular flexibility index (Phi) is 6.21. The van der Waals surface area contributed by atoms with E-state index in [4.69, 9.17) is 25.8 Å². The first-order valence-corrected chi connectivity index (χ1v) is 9.06. The lowest BCUT2D eigenvalue weighted by molar-refractivity contribution is -0.142. The van der Waals surface area contributed by atoms with Crippen molar-refractivity contribution in [3.63, 3.8) is 0 Å². The number of hydrogen-bond acceptors (Lipinski definition) is 5. The summed E-state index contributed by atoms with van der Waals surface area (Å²) in [5.74, 6) is -0.00104. The fraction of sp³-hybridized carbons (Fsp3) is 0.238. The van der Waals surface area contributed by atoms with Crippen molar-refractivity contribution in [1.82, 2.24) is 0 Å². The van der Waals surface area contributed by atoms with Crippen LogP contribution in [0.3, 0.4) is 0 Å². The first kappa shape index (κ1) is 19.8. The Labute approximate surface area is 168 Å². The number of carbonyl (C=O) groups excluding carboxylic acids is 2. The number of anilines is 1. The summed E-state index contributed by atoms with van der Waals surface area (Å²) in [6.45, 7) is 0.278. The van der Waals surface area contributed by atoms with Gasteiger partial charge in [0.15, 0.2) is 18.1 Å². The van der Waals surface area contributed by atoms with Gasteiger partial charge in [-0.25, -0.2) is 4.79 Å². The van der Waals surface area contributed by atoms with Gasteiger partial charge in [0, 0.05) is 18.3 Å². The monoisotopic (exact) mass is 401 g/mol. The van der Waals surface area contributed by atoms with Crippen molar-refractivity contribution in [2.45, 2.75) is 6.42 Å². The topological polar surface area (TPSA) is 65.1 Å². The van der Waals surface area contributed by atoms with Crippen LogP contribution < -0.4 is 14.4 Å². The Morgan fingerprint density at radius 1 is 1.18 bits per heavy atom. The minimum atomic E-state index is -0.619. The molecule has 0 saturated carbocycles. The molecule has 0 radical (unpaired) electrons. The van der Waals surface area contributed by atoms with E-state index in [1.165, 1.54) is 26.4 Å². The van der Waals surface area contributed by atoms with Crippen molar-refractivity contribution in [1.29, 1.82) is 0 Å². The summed E-state index contributed by atoms with van der Waals surface area (Å²) in [5, 5.41) is 0.359. The molecule has 0 bridgehead atoms. The third kappa shape index (κ3) is 4.28. The van der Waals surface area contributed by atoms with E-state index < -0.39 is 5.97 Å². The zero-order chi connectivity index (χ0) is 20.1. The zero-order valence-electron chi connectivity index (χ0n) is 15.6. The van der Waals surface area contributed by atoms with E-state index in [-0.39, 0.29) is 12.5 Å². The molecule has 2 aromatic rings. The van der Waals surface area contributed by atoms with Gasteiger partial charge in [-0.15, -0.1) is 0 Å². The predicted molar refractivity (Wildman–Crippen MR) is 107 cm³/mol. The van der Waals surface area contributed by atoms with Crippen LogP contribution in [0.1, 0.15) is 11.1 Å². The second kappa shape index (κ2) is 8.80. The number of esters is 1. The molecule has 2 aromatic carbocycles. The van der Waals surface area contributed by atoms with Crippen molar-refractivity contribution in [2.75, 3.05) is 32.3 Å². The Morgan fingerprint density at radius 3 is 2.71 bits per heavy atom. The second-order valence-electron chi connectivity index (χ2n) is 6.10. The molecule has 0 saturated heterocycles. The van der Waals surface area contributed by atoms with Crippen LogP contribution in [-0.2, 0) is 20.7 Å². The molecule has 0 spiro atoms. The van der Waals surface area contributed by atoms with Gasteiger partial charge in [-0.05, 0) is 41.8 Å². The van der Waals surface area contributed by atoms with Crippen molar-refractivity contribution in [3.8, 4) is 11.5 Å². The van der Waals surface area contributed by atoms with Crippen molar-refractivity contribution >= 4 is 35.2 Å². The summed E-state index contributed by atoms with van der Waals surface area (Å²) in [6, 6.07) is 11.0. The van der Waals surface area contributed by atoms with Crippen LogP contribution in [0.15, 0.2) is 42.5 Å². The number of carbonyl (C=O) groups is 2. The number of halogens is 1. The number of nitrogens with zero attached hydrogens (tertiary/aromatic N) is 1. The maximum Gasteiger partial charge on any atom is 0.331 e. The summed E-state index contributed by atoms with van der Waals surface area (Å²) in [4.78, 5) is 26.0. The van der Waals surface area contributed by atoms with E-state index in [0.29, 0.717) is 28.6 Å². The minimum absolute atomic E-state index is 0.249. The highest BCUT2D eigenvalue weighted by atomic mass is 35.5. The smallest absolute Gasteiger partial charge is 0.331 e.